The van der Waals surface area contributed by atoms with Gasteiger partial charge in [-0.3, -0.25) is 0 Å². The van der Waals surface area contributed by atoms with Gasteiger partial charge in [0, 0.05) is 30.3 Å². The van der Waals surface area contributed by atoms with Crippen molar-refractivity contribution in [1.29, 1.82) is 0 Å². The minimum absolute atomic E-state index is 0.858. The van der Waals surface area contributed by atoms with Crippen molar-refractivity contribution in [3.8, 4) is 0 Å². The van der Waals surface area contributed by atoms with Crippen LogP contribution in [-0.4, -0.2) is 21.5 Å². The van der Waals surface area contributed by atoms with E-state index in [-0.39, 0.29) is 0 Å². The third-order valence-corrected chi connectivity index (χ3v) is 3.36. The van der Waals surface area contributed by atoms with E-state index in [0.717, 1.165) is 29.6 Å². The van der Waals surface area contributed by atoms with Crippen LogP contribution in [-0.2, 0) is 5.75 Å². The molecule has 0 unspecified atom stereocenters. The molecule has 2 aromatic heterocycles. The molecule has 0 aromatic carbocycles. The van der Waals surface area contributed by atoms with Crippen molar-refractivity contribution >= 4 is 17.6 Å². The minimum Gasteiger partial charge on any atom is -0.370 e. The smallest absolute Gasteiger partial charge is 0.129 e. The average molecular weight is 260 g/mol. The zero-order valence-corrected chi connectivity index (χ0v) is 11.2. The number of nitrogens with one attached hydrogen (secondary N) is 1. The van der Waals surface area contributed by atoms with Crippen molar-refractivity contribution in [1.82, 2.24) is 15.0 Å². The van der Waals surface area contributed by atoms with E-state index >= 15 is 0 Å². The summed E-state index contributed by atoms with van der Waals surface area (Å²) >= 11 is 1.69. The maximum Gasteiger partial charge on any atom is 0.129 e. The topological polar surface area (TPSA) is 50.7 Å². The SMILES string of the molecule is CCCNc1ncccc1CSc1ccncn1. The number of aromatic nitrogens is 3. The fraction of sp³-hybridized carbons (Fsp3) is 0.308. The second kappa shape index (κ2) is 6.96. The van der Waals surface area contributed by atoms with Crippen LogP contribution >= 0.6 is 11.8 Å². The molecule has 0 aliphatic heterocycles. The van der Waals surface area contributed by atoms with Gasteiger partial charge in [0.25, 0.3) is 0 Å². The number of nitrogens with zero attached hydrogens (tertiary/aromatic N) is 3. The van der Waals surface area contributed by atoms with E-state index in [9.17, 15) is 0 Å². The predicted octanol–water partition coefficient (Wildman–Crippen LogP) is 2.99. The maximum absolute atomic E-state index is 4.37. The fourth-order valence-electron chi connectivity index (χ4n) is 1.47. The Morgan fingerprint density at radius 1 is 1.22 bits per heavy atom. The highest BCUT2D eigenvalue weighted by Gasteiger charge is 2.03. The lowest BCUT2D eigenvalue weighted by atomic mass is 10.3. The van der Waals surface area contributed by atoms with Crippen LogP contribution in [0.2, 0.25) is 0 Å². The Kier molecular flexibility index (Phi) is 4.96. The van der Waals surface area contributed by atoms with Crippen molar-refractivity contribution in [3.63, 3.8) is 0 Å². The van der Waals surface area contributed by atoms with Crippen LogP contribution in [0, 0.1) is 0 Å². The molecule has 0 aliphatic carbocycles. The van der Waals surface area contributed by atoms with Crippen molar-refractivity contribution < 1.29 is 0 Å². The van der Waals surface area contributed by atoms with Crippen molar-refractivity contribution in [2.75, 3.05) is 11.9 Å². The molecule has 2 rings (SSSR count). The van der Waals surface area contributed by atoms with Gasteiger partial charge in [-0.2, -0.15) is 0 Å². The molecule has 0 saturated heterocycles. The first-order valence-electron chi connectivity index (χ1n) is 5.96. The quantitative estimate of drug-likeness (QED) is 0.639. The minimum atomic E-state index is 0.858. The molecule has 0 bridgehead atoms. The van der Waals surface area contributed by atoms with Crippen LogP contribution in [0.5, 0.6) is 0 Å². The number of hydrogen-bond donors (Lipinski definition) is 1. The summed E-state index contributed by atoms with van der Waals surface area (Å²) < 4.78 is 0. The Morgan fingerprint density at radius 2 is 2.17 bits per heavy atom. The Bertz CT molecular complexity index is 475. The Hall–Kier alpha value is -1.62. The number of anilines is 1. The van der Waals surface area contributed by atoms with Gasteiger partial charge in [-0.05, 0) is 18.6 Å². The lowest BCUT2D eigenvalue weighted by molar-refractivity contribution is 0.964. The molecule has 0 aliphatic rings. The first kappa shape index (κ1) is 12.8. The molecule has 1 N–H and O–H groups in total. The summed E-state index contributed by atoms with van der Waals surface area (Å²) in [6.07, 6.45) is 6.24. The highest BCUT2D eigenvalue weighted by molar-refractivity contribution is 7.98. The monoisotopic (exact) mass is 260 g/mol. The molecule has 5 heteroatoms. The molecule has 4 nitrogen and oxygen atoms in total. The molecule has 0 amide bonds. The van der Waals surface area contributed by atoms with Gasteiger partial charge in [-0.1, -0.05) is 13.0 Å². The summed E-state index contributed by atoms with van der Waals surface area (Å²) in [5.41, 5.74) is 1.20. The Balaban J connectivity index is 2.00. The summed E-state index contributed by atoms with van der Waals surface area (Å²) in [5.74, 6) is 1.83. The number of rotatable bonds is 6. The van der Waals surface area contributed by atoms with Gasteiger partial charge >= 0.3 is 0 Å². The number of thioether (sulfide) groups is 1. The Morgan fingerprint density at radius 3 is 2.94 bits per heavy atom. The summed E-state index contributed by atoms with van der Waals surface area (Å²) in [6, 6.07) is 5.98. The third kappa shape index (κ3) is 3.70. The maximum atomic E-state index is 4.37. The molecule has 0 spiro atoms. The third-order valence-electron chi connectivity index (χ3n) is 2.36. The molecule has 2 heterocycles. The average Bonchev–Trinajstić information content (AvgIpc) is 2.45. The van der Waals surface area contributed by atoms with E-state index in [4.69, 9.17) is 0 Å². The number of pyridine rings is 1. The van der Waals surface area contributed by atoms with Crippen molar-refractivity contribution in [3.05, 3.63) is 42.5 Å². The summed E-state index contributed by atoms with van der Waals surface area (Å²) in [4.78, 5) is 12.5. The van der Waals surface area contributed by atoms with Crippen LogP contribution < -0.4 is 5.32 Å². The highest BCUT2D eigenvalue weighted by Crippen LogP contribution is 2.23. The molecular weight excluding hydrogens is 244 g/mol. The fourth-order valence-corrected chi connectivity index (χ4v) is 2.29. The van der Waals surface area contributed by atoms with Crippen LogP contribution in [0.3, 0.4) is 0 Å². The second-order valence-electron chi connectivity index (χ2n) is 3.77. The summed E-state index contributed by atoms with van der Waals surface area (Å²) in [6.45, 7) is 3.09. The molecule has 94 valence electrons. The highest BCUT2D eigenvalue weighted by atomic mass is 32.2. The lowest BCUT2D eigenvalue weighted by Gasteiger charge is -2.09. The molecule has 0 atom stereocenters. The van der Waals surface area contributed by atoms with Crippen LogP contribution in [0.4, 0.5) is 5.82 Å². The van der Waals surface area contributed by atoms with Gasteiger partial charge in [-0.15, -0.1) is 11.8 Å². The van der Waals surface area contributed by atoms with E-state index in [0.29, 0.717) is 0 Å². The molecular formula is C13H16N4S. The van der Waals surface area contributed by atoms with E-state index in [1.165, 1.54) is 5.56 Å². The van der Waals surface area contributed by atoms with Gasteiger partial charge in [0.15, 0.2) is 0 Å². The molecule has 0 radical (unpaired) electrons. The van der Waals surface area contributed by atoms with E-state index in [1.807, 2.05) is 18.3 Å². The van der Waals surface area contributed by atoms with Gasteiger partial charge < -0.3 is 5.32 Å². The lowest BCUT2D eigenvalue weighted by Crippen LogP contribution is -2.04. The van der Waals surface area contributed by atoms with Gasteiger partial charge in [0.1, 0.15) is 12.1 Å². The zero-order valence-electron chi connectivity index (χ0n) is 10.3. The predicted molar refractivity (Wildman–Crippen MR) is 74.6 cm³/mol. The molecule has 2 aromatic rings. The van der Waals surface area contributed by atoms with Gasteiger partial charge in [0.05, 0.1) is 5.03 Å². The van der Waals surface area contributed by atoms with Crippen LogP contribution in [0.1, 0.15) is 18.9 Å². The summed E-state index contributed by atoms with van der Waals surface area (Å²) in [7, 11) is 0. The van der Waals surface area contributed by atoms with Gasteiger partial charge in [0.2, 0.25) is 0 Å². The van der Waals surface area contributed by atoms with Crippen molar-refractivity contribution in [2.45, 2.75) is 24.1 Å². The summed E-state index contributed by atoms with van der Waals surface area (Å²) in [5, 5.41) is 4.32. The zero-order chi connectivity index (χ0) is 12.6. The van der Waals surface area contributed by atoms with Gasteiger partial charge in [-0.25, -0.2) is 15.0 Å². The first-order chi connectivity index (χ1) is 8.90. The molecule has 18 heavy (non-hydrogen) atoms. The Labute approximate surface area is 111 Å². The number of hydrogen-bond acceptors (Lipinski definition) is 5. The molecule has 0 fully saturated rings. The standard InChI is InChI=1S/C13H16N4S/c1-2-6-15-13-11(4-3-7-16-13)9-18-12-5-8-14-10-17-12/h3-5,7-8,10H,2,6,9H2,1H3,(H,15,16). The molecule has 0 saturated carbocycles. The van der Waals surface area contributed by atoms with E-state index < -0.39 is 0 Å². The largest absolute Gasteiger partial charge is 0.370 e. The van der Waals surface area contributed by atoms with E-state index in [1.54, 1.807) is 24.3 Å². The van der Waals surface area contributed by atoms with Crippen LogP contribution in [0.15, 0.2) is 41.9 Å². The van der Waals surface area contributed by atoms with E-state index in [2.05, 4.69) is 33.3 Å². The van der Waals surface area contributed by atoms with Crippen molar-refractivity contribution in [2.24, 2.45) is 0 Å². The normalized spacial score (nSPS) is 10.3. The van der Waals surface area contributed by atoms with Crippen LogP contribution in [0.25, 0.3) is 0 Å². The first-order valence-corrected chi connectivity index (χ1v) is 6.95. The second-order valence-corrected chi connectivity index (χ2v) is 4.77.